The quantitative estimate of drug-likeness (QED) is 0.541. The largest absolute Gasteiger partial charge is 0.403 e. The topological polar surface area (TPSA) is 47.3 Å². The molecule has 1 heterocycles. The van der Waals surface area contributed by atoms with E-state index in [1.165, 1.54) is 6.20 Å². The summed E-state index contributed by atoms with van der Waals surface area (Å²) in [5, 5.41) is 3.11. The maximum absolute atomic E-state index is 5.13. The Kier molecular flexibility index (Phi) is 1.62. The zero-order chi connectivity index (χ0) is 6.74. The first-order valence-corrected chi connectivity index (χ1v) is 2.99. The second-order valence-electron chi connectivity index (χ2n) is 2.56. The lowest BCUT2D eigenvalue weighted by Gasteiger charge is -2.38. The minimum Gasteiger partial charge on any atom is -0.403 e. The van der Waals surface area contributed by atoms with E-state index in [0.29, 0.717) is 0 Å². The molecule has 52 valence electrons. The first kappa shape index (κ1) is 6.42. The highest BCUT2D eigenvalue weighted by Crippen LogP contribution is 2.14. The van der Waals surface area contributed by atoms with Crippen molar-refractivity contribution in [2.75, 3.05) is 13.2 Å². The first-order valence-electron chi connectivity index (χ1n) is 2.99. The van der Waals surface area contributed by atoms with Crippen LogP contribution in [0.5, 0.6) is 0 Å². The van der Waals surface area contributed by atoms with Crippen molar-refractivity contribution in [3.05, 3.63) is 12.4 Å². The fourth-order valence-corrected chi connectivity index (χ4v) is 0.741. The van der Waals surface area contributed by atoms with Crippen molar-refractivity contribution in [3.8, 4) is 0 Å². The molecule has 0 aliphatic carbocycles. The van der Waals surface area contributed by atoms with Gasteiger partial charge in [0.05, 0.1) is 18.8 Å². The zero-order valence-corrected chi connectivity index (χ0v) is 5.55. The normalized spacial score (nSPS) is 23.7. The van der Waals surface area contributed by atoms with Crippen LogP contribution in [-0.4, -0.2) is 18.8 Å². The molecule has 1 fully saturated rings. The molecular weight excluding hydrogens is 116 g/mol. The van der Waals surface area contributed by atoms with E-state index in [4.69, 9.17) is 10.5 Å². The van der Waals surface area contributed by atoms with E-state index >= 15 is 0 Å². The van der Waals surface area contributed by atoms with Gasteiger partial charge in [-0.2, -0.15) is 0 Å². The molecule has 3 heteroatoms. The summed E-state index contributed by atoms with van der Waals surface area (Å²) < 4.78 is 5.00. The van der Waals surface area contributed by atoms with E-state index in [-0.39, 0.29) is 5.54 Å². The molecule has 1 aliphatic heterocycles. The van der Waals surface area contributed by atoms with Crippen LogP contribution in [0.25, 0.3) is 0 Å². The number of hydrogen-bond donors (Lipinski definition) is 2. The van der Waals surface area contributed by atoms with Gasteiger partial charge in [0, 0.05) is 12.4 Å². The molecule has 0 aromatic rings. The summed E-state index contributed by atoms with van der Waals surface area (Å²) in [5.41, 5.74) is 5.27. The van der Waals surface area contributed by atoms with Gasteiger partial charge < -0.3 is 15.8 Å². The lowest BCUT2D eigenvalue weighted by Crippen LogP contribution is -2.56. The Balaban J connectivity index is 2.24. The highest BCUT2D eigenvalue weighted by Gasteiger charge is 2.31. The maximum atomic E-state index is 5.13. The van der Waals surface area contributed by atoms with Crippen LogP contribution in [-0.2, 0) is 4.74 Å². The molecule has 0 spiro atoms. The number of rotatable bonds is 2. The summed E-state index contributed by atoms with van der Waals surface area (Å²) in [6.07, 6.45) is 3.23. The lowest BCUT2D eigenvalue weighted by molar-refractivity contribution is -0.0573. The van der Waals surface area contributed by atoms with Crippen LogP contribution in [0.4, 0.5) is 0 Å². The summed E-state index contributed by atoms with van der Waals surface area (Å²) >= 11 is 0. The Morgan fingerprint density at radius 3 is 2.67 bits per heavy atom. The Morgan fingerprint density at radius 1 is 1.67 bits per heavy atom. The van der Waals surface area contributed by atoms with Gasteiger partial charge in [0.25, 0.3) is 0 Å². The number of nitrogens with two attached hydrogens (primary N) is 1. The van der Waals surface area contributed by atoms with Crippen molar-refractivity contribution in [1.82, 2.24) is 5.32 Å². The molecule has 0 saturated carbocycles. The first-order chi connectivity index (χ1) is 4.27. The van der Waals surface area contributed by atoms with Crippen LogP contribution in [0.3, 0.4) is 0 Å². The molecule has 1 rings (SSSR count). The number of hydrogen-bond acceptors (Lipinski definition) is 3. The Labute approximate surface area is 54.9 Å². The predicted octanol–water partition coefficient (Wildman–Crippen LogP) is -0.205. The lowest BCUT2D eigenvalue weighted by atomic mass is 10.0. The summed E-state index contributed by atoms with van der Waals surface area (Å²) in [6.45, 7) is 3.64. The average molecular weight is 128 g/mol. The Hall–Kier alpha value is -0.700. The summed E-state index contributed by atoms with van der Waals surface area (Å²) in [4.78, 5) is 0. The SMILES string of the molecule is CC1(N/C=C/N)COC1. The van der Waals surface area contributed by atoms with Gasteiger partial charge in [-0.15, -0.1) is 0 Å². The highest BCUT2D eigenvalue weighted by atomic mass is 16.5. The van der Waals surface area contributed by atoms with Gasteiger partial charge in [-0.25, -0.2) is 0 Å². The molecule has 0 unspecified atom stereocenters. The number of ether oxygens (including phenoxy) is 1. The third-order valence-electron chi connectivity index (χ3n) is 1.37. The second-order valence-corrected chi connectivity index (χ2v) is 2.56. The molecule has 0 radical (unpaired) electrons. The van der Waals surface area contributed by atoms with Gasteiger partial charge in [0.1, 0.15) is 0 Å². The molecule has 0 amide bonds. The smallest absolute Gasteiger partial charge is 0.0807 e. The van der Waals surface area contributed by atoms with E-state index in [1.54, 1.807) is 6.20 Å². The van der Waals surface area contributed by atoms with Gasteiger partial charge in [0.2, 0.25) is 0 Å². The van der Waals surface area contributed by atoms with Crippen molar-refractivity contribution in [2.24, 2.45) is 5.73 Å². The molecule has 3 nitrogen and oxygen atoms in total. The summed E-state index contributed by atoms with van der Waals surface area (Å²) in [6, 6.07) is 0. The fourth-order valence-electron chi connectivity index (χ4n) is 0.741. The molecule has 9 heavy (non-hydrogen) atoms. The third kappa shape index (κ3) is 1.36. The Bertz CT molecular complexity index is 118. The van der Waals surface area contributed by atoms with Crippen LogP contribution in [0.2, 0.25) is 0 Å². The molecule has 1 saturated heterocycles. The van der Waals surface area contributed by atoms with Crippen molar-refractivity contribution in [2.45, 2.75) is 12.5 Å². The Morgan fingerprint density at radius 2 is 2.33 bits per heavy atom. The third-order valence-corrected chi connectivity index (χ3v) is 1.37. The van der Waals surface area contributed by atoms with E-state index < -0.39 is 0 Å². The van der Waals surface area contributed by atoms with E-state index in [0.717, 1.165) is 13.2 Å². The van der Waals surface area contributed by atoms with Gasteiger partial charge in [-0.1, -0.05) is 0 Å². The number of nitrogens with one attached hydrogen (secondary N) is 1. The van der Waals surface area contributed by atoms with Crippen LogP contribution < -0.4 is 11.1 Å². The standard InChI is InChI=1S/C6H12N2O/c1-6(4-9-5-6)8-3-2-7/h2-3,8H,4-5,7H2,1H3/b3-2+. The van der Waals surface area contributed by atoms with Crippen molar-refractivity contribution >= 4 is 0 Å². The predicted molar refractivity (Wildman–Crippen MR) is 35.7 cm³/mol. The average Bonchev–Trinajstić information content (AvgIpc) is 1.79. The molecule has 0 bridgehead atoms. The summed E-state index contributed by atoms with van der Waals surface area (Å²) in [5.74, 6) is 0. The van der Waals surface area contributed by atoms with Gasteiger partial charge in [-0.05, 0) is 6.92 Å². The van der Waals surface area contributed by atoms with E-state index in [9.17, 15) is 0 Å². The van der Waals surface area contributed by atoms with Gasteiger partial charge in [-0.3, -0.25) is 0 Å². The fraction of sp³-hybridized carbons (Fsp3) is 0.667. The minimum absolute atomic E-state index is 0.135. The molecule has 0 aromatic heterocycles. The molecule has 0 aromatic carbocycles. The van der Waals surface area contributed by atoms with Crippen LogP contribution in [0.1, 0.15) is 6.92 Å². The zero-order valence-electron chi connectivity index (χ0n) is 5.55. The maximum Gasteiger partial charge on any atom is 0.0807 e. The van der Waals surface area contributed by atoms with E-state index in [1.807, 2.05) is 0 Å². The summed E-state index contributed by atoms with van der Waals surface area (Å²) in [7, 11) is 0. The van der Waals surface area contributed by atoms with Crippen molar-refractivity contribution in [1.29, 1.82) is 0 Å². The van der Waals surface area contributed by atoms with Crippen LogP contribution in [0.15, 0.2) is 12.4 Å². The molecular formula is C6H12N2O. The van der Waals surface area contributed by atoms with E-state index in [2.05, 4.69) is 12.2 Å². The monoisotopic (exact) mass is 128 g/mol. The second kappa shape index (κ2) is 2.27. The van der Waals surface area contributed by atoms with Crippen molar-refractivity contribution < 1.29 is 4.74 Å². The molecule has 3 N–H and O–H groups in total. The van der Waals surface area contributed by atoms with Crippen LogP contribution >= 0.6 is 0 Å². The molecule has 1 aliphatic rings. The van der Waals surface area contributed by atoms with Gasteiger partial charge >= 0.3 is 0 Å². The van der Waals surface area contributed by atoms with Crippen molar-refractivity contribution in [3.63, 3.8) is 0 Å². The minimum atomic E-state index is 0.135. The molecule has 0 atom stereocenters. The highest BCUT2D eigenvalue weighted by molar-refractivity contribution is 4.94. The van der Waals surface area contributed by atoms with Gasteiger partial charge in [0.15, 0.2) is 0 Å². The van der Waals surface area contributed by atoms with Crippen LogP contribution in [0, 0.1) is 0 Å².